The molecule has 0 aromatic heterocycles. The summed E-state index contributed by atoms with van der Waals surface area (Å²) in [6.45, 7) is 2.91. The van der Waals surface area contributed by atoms with Crippen LogP contribution in [0.5, 0.6) is 0 Å². The van der Waals surface area contributed by atoms with Crippen LogP contribution in [0, 0.1) is 5.82 Å². The number of anilines is 2. The van der Waals surface area contributed by atoms with Gasteiger partial charge in [-0.15, -0.1) is 0 Å². The Bertz CT molecular complexity index is 930. The minimum absolute atomic E-state index is 0.186. The predicted octanol–water partition coefficient (Wildman–Crippen LogP) is 3.84. The van der Waals surface area contributed by atoms with Crippen LogP contribution in [-0.2, 0) is 16.1 Å². The number of carbonyl (C=O) groups excluding carboxylic acids is 2. The summed E-state index contributed by atoms with van der Waals surface area (Å²) in [5.41, 5.74) is 2.41. The highest BCUT2D eigenvalue weighted by Gasteiger charge is 2.35. The van der Waals surface area contributed by atoms with Crippen LogP contribution in [0.3, 0.4) is 0 Å². The molecule has 152 valence electrons. The molecular formula is C22H23ClFN3O2. The molecule has 0 atom stereocenters. The third-order valence-corrected chi connectivity index (χ3v) is 5.91. The standard InChI is InChI=1S/C22H23ClFN3O2/c23-18-14-17(24)9-8-16(18)15-26-12-13-27(22(29)21(26)28)20-7-3-2-6-19(20)25-10-4-1-5-11-25/h2-3,6-9,14H,1,4-5,10-13,15H2. The van der Waals surface area contributed by atoms with Gasteiger partial charge in [-0.1, -0.05) is 29.8 Å². The van der Waals surface area contributed by atoms with Gasteiger partial charge in [0.05, 0.1) is 11.4 Å². The Kier molecular flexibility index (Phi) is 5.72. The average Bonchev–Trinajstić information content (AvgIpc) is 2.74. The van der Waals surface area contributed by atoms with Crippen molar-refractivity contribution < 1.29 is 14.0 Å². The van der Waals surface area contributed by atoms with Crippen molar-refractivity contribution in [1.29, 1.82) is 0 Å². The van der Waals surface area contributed by atoms with E-state index >= 15 is 0 Å². The summed E-state index contributed by atoms with van der Waals surface area (Å²) < 4.78 is 13.3. The summed E-state index contributed by atoms with van der Waals surface area (Å²) in [6, 6.07) is 11.8. The van der Waals surface area contributed by atoms with Gasteiger partial charge >= 0.3 is 11.8 Å². The number of hydrogen-bond acceptors (Lipinski definition) is 3. The van der Waals surface area contributed by atoms with E-state index in [0.717, 1.165) is 37.3 Å². The Labute approximate surface area is 174 Å². The van der Waals surface area contributed by atoms with E-state index in [-0.39, 0.29) is 11.6 Å². The van der Waals surface area contributed by atoms with Gasteiger partial charge in [0.2, 0.25) is 0 Å². The van der Waals surface area contributed by atoms with Crippen molar-refractivity contribution in [2.45, 2.75) is 25.8 Å². The van der Waals surface area contributed by atoms with E-state index < -0.39 is 17.6 Å². The molecule has 0 aliphatic carbocycles. The fourth-order valence-electron chi connectivity index (χ4n) is 4.01. The molecule has 0 bridgehead atoms. The molecule has 0 N–H and O–H groups in total. The lowest BCUT2D eigenvalue weighted by Crippen LogP contribution is -2.54. The molecule has 2 saturated heterocycles. The Morgan fingerprint density at radius 2 is 1.59 bits per heavy atom. The lowest BCUT2D eigenvalue weighted by Gasteiger charge is -2.37. The van der Waals surface area contributed by atoms with Crippen LogP contribution in [0.4, 0.5) is 15.8 Å². The van der Waals surface area contributed by atoms with E-state index in [2.05, 4.69) is 4.90 Å². The van der Waals surface area contributed by atoms with Crippen molar-refractivity contribution in [2.75, 3.05) is 36.0 Å². The molecule has 7 heteroatoms. The average molecular weight is 416 g/mol. The van der Waals surface area contributed by atoms with Crippen molar-refractivity contribution in [2.24, 2.45) is 0 Å². The first-order chi connectivity index (χ1) is 14.0. The lowest BCUT2D eigenvalue weighted by molar-refractivity contribution is -0.146. The number of hydrogen-bond donors (Lipinski definition) is 0. The molecule has 2 aliphatic rings. The summed E-state index contributed by atoms with van der Waals surface area (Å²) in [5.74, 6) is -1.54. The molecule has 5 nitrogen and oxygen atoms in total. The van der Waals surface area contributed by atoms with Crippen LogP contribution in [0.2, 0.25) is 5.02 Å². The smallest absolute Gasteiger partial charge is 0.316 e. The molecule has 2 aliphatic heterocycles. The second kappa shape index (κ2) is 8.41. The van der Waals surface area contributed by atoms with Crippen LogP contribution in [0.15, 0.2) is 42.5 Å². The fourth-order valence-corrected chi connectivity index (χ4v) is 4.23. The third kappa shape index (κ3) is 4.08. The molecule has 0 saturated carbocycles. The van der Waals surface area contributed by atoms with E-state index in [1.807, 2.05) is 24.3 Å². The number of halogens is 2. The normalized spacial score (nSPS) is 17.8. The quantitative estimate of drug-likeness (QED) is 0.712. The molecule has 2 aromatic rings. The molecule has 4 rings (SSSR count). The van der Waals surface area contributed by atoms with Gasteiger partial charge in [-0.3, -0.25) is 9.59 Å². The molecule has 0 unspecified atom stereocenters. The maximum atomic E-state index is 13.3. The van der Waals surface area contributed by atoms with Crippen molar-refractivity contribution in [3.05, 3.63) is 58.9 Å². The lowest BCUT2D eigenvalue weighted by atomic mass is 10.1. The zero-order chi connectivity index (χ0) is 20.4. The van der Waals surface area contributed by atoms with Gasteiger partial charge in [0, 0.05) is 37.7 Å². The van der Waals surface area contributed by atoms with E-state index in [1.54, 1.807) is 11.0 Å². The molecule has 29 heavy (non-hydrogen) atoms. The zero-order valence-electron chi connectivity index (χ0n) is 16.1. The number of piperidine rings is 1. The minimum atomic E-state index is -0.565. The highest BCUT2D eigenvalue weighted by atomic mass is 35.5. The molecule has 0 spiro atoms. The number of nitrogens with zero attached hydrogens (tertiary/aromatic N) is 3. The topological polar surface area (TPSA) is 43.9 Å². The van der Waals surface area contributed by atoms with Crippen molar-refractivity contribution in [3.63, 3.8) is 0 Å². The maximum absolute atomic E-state index is 13.3. The fraction of sp³-hybridized carbons (Fsp3) is 0.364. The van der Waals surface area contributed by atoms with E-state index in [0.29, 0.717) is 18.7 Å². The Hall–Kier alpha value is -2.60. The van der Waals surface area contributed by atoms with Gasteiger partial charge < -0.3 is 14.7 Å². The SMILES string of the molecule is O=C1C(=O)N(c2ccccc2N2CCCCC2)CCN1Cc1ccc(F)cc1Cl. The van der Waals surface area contributed by atoms with E-state index in [1.165, 1.54) is 23.5 Å². The molecule has 2 heterocycles. The van der Waals surface area contributed by atoms with Gasteiger partial charge in [0.15, 0.2) is 0 Å². The number of rotatable bonds is 4. The largest absolute Gasteiger partial charge is 0.370 e. The van der Waals surface area contributed by atoms with Crippen molar-refractivity contribution in [1.82, 2.24) is 4.90 Å². The number of amides is 2. The first-order valence-corrected chi connectivity index (χ1v) is 10.3. The second-order valence-electron chi connectivity index (χ2n) is 7.46. The van der Waals surface area contributed by atoms with E-state index in [4.69, 9.17) is 11.6 Å². The third-order valence-electron chi connectivity index (χ3n) is 5.55. The molecular weight excluding hydrogens is 393 g/mol. The summed E-state index contributed by atoms with van der Waals surface area (Å²) in [6.07, 6.45) is 3.49. The van der Waals surface area contributed by atoms with Crippen LogP contribution in [0.25, 0.3) is 0 Å². The van der Waals surface area contributed by atoms with E-state index in [9.17, 15) is 14.0 Å². The molecule has 0 radical (unpaired) electrons. The Balaban J connectivity index is 1.53. The molecule has 2 amide bonds. The minimum Gasteiger partial charge on any atom is -0.370 e. The van der Waals surface area contributed by atoms with Crippen LogP contribution in [0.1, 0.15) is 24.8 Å². The van der Waals surface area contributed by atoms with Crippen LogP contribution in [-0.4, -0.2) is 42.9 Å². The highest BCUT2D eigenvalue weighted by Crippen LogP contribution is 2.32. The van der Waals surface area contributed by atoms with Crippen LogP contribution < -0.4 is 9.80 Å². The number of carbonyl (C=O) groups is 2. The first kappa shape index (κ1) is 19.7. The van der Waals surface area contributed by atoms with Gasteiger partial charge in [-0.2, -0.15) is 0 Å². The summed E-state index contributed by atoms with van der Waals surface area (Å²) in [4.78, 5) is 31.1. The zero-order valence-corrected chi connectivity index (χ0v) is 16.9. The Morgan fingerprint density at radius 3 is 2.31 bits per heavy atom. The number of benzene rings is 2. The number of para-hydroxylation sites is 2. The summed E-state index contributed by atoms with van der Waals surface area (Å²) in [5, 5.41) is 0.253. The first-order valence-electron chi connectivity index (χ1n) is 9.93. The van der Waals surface area contributed by atoms with Gasteiger partial charge in [-0.05, 0) is 49.1 Å². The second-order valence-corrected chi connectivity index (χ2v) is 7.86. The van der Waals surface area contributed by atoms with Crippen molar-refractivity contribution in [3.8, 4) is 0 Å². The summed E-state index contributed by atoms with van der Waals surface area (Å²) >= 11 is 6.09. The van der Waals surface area contributed by atoms with Gasteiger partial charge in [-0.25, -0.2) is 4.39 Å². The molecule has 2 aromatic carbocycles. The van der Waals surface area contributed by atoms with Gasteiger partial charge in [0.1, 0.15) is 5.82 Å². The maximum Gasteiger partial charge on any atom is 0.316 e. The van der Waals surface area contributed by atoms with Gasteiger partial charge in [0.25, 0.3) is 0 Å². The van der Waals surface area contributed by atoms with Crippen molar-refractivity contribution >= 4 is 34.8 Å². The number of piperazine rings is 1. The highest BCUT2D eigenvalue weighted by molar-refractivity contribution is 6.41. The monoisotopic (exact) mass is 415 g/mol. The van der Waals surface area contributed by atoms with Crippen LogP contribution >= 0.6 is 11.6 Å². The molecule has 2 fully saturated rings. The predicted molar refractivity (Wildman–Crippen MR) is 112 cm³/mol. The summed E-state index contributed by atoms with van der Waals surface area (Å²) in [7, 11) is 0. The Morgan fingerprint density at radius 1 is 0.862 bits per heavy atom.